The molecule has 5 aliphatic rings. The van der Waals surface area contributed by atoms with E-state index in [0.717, 1.165) is 22.0 Å². The highest BCUT2D eigenvalue weighted by atomic mass is 79.9. The van der Waals surface area contributed by atoms with Gasteiger partial charge in [-0.25, -0.2) is 4.68 Å². The lowest BCUT2D eigenvalue weighted by Crippen LogP contribution is -2.55. The standard InChI is InChI=1S/C27H34BrN3O2/c28-22-7-4-8-23(14-22)31-27(33-16-17-5-2-1-3-6-17)24(15-29-31)26(32)30-25-20-10-18-9-19(12-20)13-21(25)11-18/h4,7-8,14-15,17-21,25H,1-3,5-6,9-13,16H2,(H,30,32). The van der Waals surface area contributed by atoms with Gasteiger partial charge in [-0.2, -0.15) is 5.10 Å². The Bertz CT molecular complexity index is 985. The predicted molar refractivity (Wildman–Crippen MR) is 132 cm³/mol. The van der Waals surface area contributed by atoms with Crippen LogP contribution >= 0.6 is 15.9 Å². The third-order valence-electron chi connectivity index (χ3n) is 8.73. The van der Waals surface area contributed by atoms with E-state index in [0.29, 0.717) is 41.8 Å². The molecule has 1 N–H and O–H groups in total. The number of benzene rings is 1. The molecule has 0 saturated heterocycles. The number of ether oxygens (including phenoxy) is 1. The third-order valence-corrected chi connectivity index (χ3v) is 9.22. The molecule has 33 heavy (non-hydrogen) atoms. The summed E-state index contributed by atoms with van der Waals surface area (Å²) in [7, 11) is 0. The highest BCUT2D eigenvalue weighted by Crippen LogP contribution is 2.53. The van der Waals surface area contributed by atoms with E-state index in [4.69, 9.17) is 4.74 Å². The molecule has 2 aromatic rings. The lowest BCUT2D eigenvalue weighted by atomic mass is 9.54. The zero-order valence-electron chi connectivity index (χ0n) is 19.2. The van der Waals surface area contributed by atoms with Gasteiger partial charge < -0.3 is 10.1 Å². The fourth-order valence-electron chi connectivity index (χ4n) is 7.36. The van der Waals surface area contributed by atoms with Crippen LogP contribution in [0, 0.1) is 29.6 Å². The number of nitrogens with zero attached hydrogens (tertiary/aromatic N) is 2. The first-order valence-corrected chi connectivity index (χ1v) is 13.7. The molecule has 1 aromatic heterocycles. The highest BCUT2D eigenvalue weighted by molar-refractivity contribution is 9.10. The first kappa shape index (κ1) is 21.7. The van der Waals surface area contributed by atoms with E-state index in [1.807, 2.05) is 24.3 Å². The number of amides is 1. The lowest BCUT2D eigenvalue weighted by Gasteiger charge is -2.54. The first-order valence-electron chi connectivity index (χ1n) is 12.9. The molecule has 5 nitrogen and oxygen atoms in total. The summed E-state index contributed by atoms with van der Waals surface area (Å²) in [5.74, 6) is 4.22. The van der Waals surface area contributed by atoms with Crippen molar-refractivity contribution in [2.45, 2.75) is 70.3 Å². The Balaban J connectivity index is 1.25. The molecule has 7 rings (SSSR count). The number of carbonyl (C=O) groups excluding carboxylic acids is 1. The number of hydrogen-bond donors (Lipinski definition) is 1. The number of nitrogens with one attached hydrogen (secondary N) is 1. The second kappa shape index (κ2) is 9.09. The van der Waals surface area contributed by atoms with Crippen molar-refractivity contribution in [3.05, 3.63) is 40.5 Å². The number of carbonyl (C=O) groups is 1. The van der Waals surface area contributed by atoms with Gasteiger partial charge in [0.25, 0.3) is 5.91 Å². The number of rotatable bonds is 6. The van der Waals surface area contributed by atoms with Crippen molar-refractivity contribution in [2.75, 3.05) is 6.61 Å². The van der Waals surface area contributed by atoms with Gasteiger partial charge in [0.05, 0.1) is 18.5 Å². The van der Waals surface area contributed by atoms with E-state index in [-0.39, 0.29) is 5.91 Å². The maximum Gasteiger partial charge on any atom is 0.258 e. The van der Waals surface area contributed by atoms with Crippen LogP contribution in [0.1, 0.15) is 74.6 Å². The van der Waals surface area contributed by atoms with Crippen LogP contribution in [0.25, 0.3) is 5.69 Å². The summed E-state index contributed by atoms with van der Waals surface area (Å²) in [6.07, 6.45) is 14.6. The largest absolute Gasteiger partial charge is 0.477 e. The van der Waals surface area contributed by atoms with Crippen LogP contribution in [0.3, 0.4) is 0 Å². The molecule has 1 heterocycles. The van der Waals surface area contributed by atoms with Gasteiger partial charge in [-0.05, 0) is 92.7 Å². The van der Waals surface area contributed by atoms with Crippen LogP contribution in [0.15, 0.2) is 34.9 Å². The van der Waals surface area contributed by atoms with Gasteiger partial charge in [0.1, 0.15) is 5.56 Å². The Morgan fingerprint density at radius 2 is 1.79 bits per heavy atom. The minimum absolute atomic E-state index is 0.0210. The van der Waals surface area contributed by atoms with Crippen molar-refractivity contribution >= 4 is 21.8 Å². The molecule has 0 atom stereocenters. The third kappa shape index (κ3) is 4.36. The molecule has 1 aromatic carbocycles. The Kier molecular flexibility index (Phi) is 5.97. The zero-order valence-corrected chi connectivity index (χ0v) is 20.8. The molecule has 176 valence electrons. The van der Waals surface area contributed by atoms with E-state index in [2.05, 4.69) is 26.3 Å². The average molecular weight is 512 g/mol. The number of halogens is 1. The summed E-state index contributed by atoms with van der Waals surface area (Å²) in [5.41, 5.74) is 1.47. The minimum Gasteiger partial charge on any atom is -0.477 e. The molecule has 0 spiro atoms. The molecule has 6 heteroatoms. The van der Waals surface area contributed by atoms with E-state index in [1.165, 1.54) is 64.2 Å². The molecule has 0 radical (unpaired) electrons. The quantitative estimate of drug-likeness (QED) is 0.505. The highest BCUT2D eigenvalue weighted by Gasteiger charge is 2.48. The van der Waals surface area contributed by atoms with Crippen molar-refractivity contribution in [3.63, 3.8) is 0 Å². The second-order valence-electron chi connectivity index (χ2n) is 11.0. The van der Waals surface area contributed by atoms with Gasteiger partial charge in [0.15, 0.2) is 0 Å². The van der Waals surface area contributed by atoms with Crippen molar-refractivity contribution in [3.8, 4) is 11.6 Å². The van der Waals surface area contributed by atoms with E-state index >= 15 is 0 Å². The molecule has 5 saturated carbocycles. The average Bonchev–Trinajstić information content (AvgIpc) is 3.24. The normalized spacial score (nSPS) is 31.0. The molecule has 0 aliphatic heterocycles. The SMILES string of the molecule is O=C(NC1C2CC3CC(C2)CC1C3)c1cnn(-c2cccc(Br)c2)c1OCC1CCCCC1. The number of hydrogen-bond acceptors (Lipinski definition) is 3. The van der Waals surface area contributed by atoms with Crippen molar-refractivity contribution in [2.24, 2.45) is 29.6 Å². The Morgan fingerprint density at radius 3 is 2.48 bits per heavy atom. The molecule has 1 amide bonds. The van der Waals surface area contributed by atoms with Crippen molar-refractivity contribution in [1.82, 2.24) is 15.1 Å². The topological polar surface area (TPSA) is 56.2 Å². The monoisotopic (exact) mass is 511 g/mol. The van der Waals surface area contributed by atoms with Crippen molar-refractivity contribution in [1.29, 1.82) is 0 Å². The van der Waals surface area contributed by atoms with Crippen molar-refractivity contribution < 1.29 is 9.53 Å². The fraction of sp³-hybridized carbons (Fsp3) is 0.630. The van der Waals surface area contributed by atoms with Gasteiger partial charge in [-0.3, -0.25) is 4.79 Å². The fourth-order valence-corrected chi connectivity index (χ4v) is 7.75. The van der Waals surface area contributed by atoms with Crippen LogP contribution < -0.4 is 10.1 Å². The molecule has 4 bridgehead atoms. The lowest BCUT2D eigenvalue weighted by molar-refractivity contribution is -0.0120. The summed E-state index contributed by atoms with van der Waals surface area (Å²) in [4.78, 5) is 13.6. The van der Waals surface area contributed by atoms with Gasteiger partial charge in [0.2, 0.25) is 5.88 Å². The Hall–Kier alpha value is -1.82. The van der Waals surface area contributed by atoms with Gasteiger partial charge in [-0.15, -0.1) is 0 Å². The van der Waals surface area contributed by atoms with Crippen LogP contribution in [-0.4, -0.2) is 28.3 Å². The second-order valence-corrected chi connectivity index (χ2v) is 11.9. The summed E-state index contributed by atoms with van der Waals surface area (Å²) in [6.45, 7) is 0.651. The van der Waals surface area contributed by atoms with Gasteiger partial charge in [0, 0.05) is 10.5 Å². The van der Waals surface area contributed by atoms with Crippen LogP contribution in [-0.2, 0) is 0 Å². The first-order chi connectivity index (χ1) is 16.1. The van der Waals surface area contributed by atoms with Gasteiger partial charge in [-0.1, -0.05) is 41.3 Å². The summed E-state index contributed by atoms with van der Waals surface area (Å²) < 4.78 is 9.17. The predicted octanol–water partition coefficient (Wildman–Crippen LogP) is 6.15. The maximum atomic E-state index is 13.6. The number of aromatic nitrogens is 2. The van der Waals surface area contributed by atoms with Gasteiger partial charge >= 0.3 is 0 Å². The molecule has 5 aliphatic carbocycles. The van der Waals surface area contributed by atoms with Crippen LogP contribution in [0.5, 0.6) is 5.88 Å². The van der Waals surface area contributed by atoms with E-state index in [9.17, 15) is 4.79 Å². The molecule has 0 unspecified atom stereocenters. The molecular formula is C27H34BrN3O2. The molecule has 5 fully saturated rings. The van der Waals surface area contributed by atoms with Crippen LogP contribution in [0.4, 0.5) is 0 Å². The summed E-state index contributed by atoms with van der Waals surface area (Å²) in [6, 6.07) is 8.31. The summed E-state index contributed by atoms with van der Waals surface area (Å²) in [5, 5.41) is 8.06. The summed E-state index contributed by atoms with van der Waals surface area (Å²) >= 11 is 3.56. The maximum absolute atomic E-state index is 13.6. The minimum atomic E-state index is -0.0210. The molecular weight excluding hydrogens is 478 g/mol. The van der Waals surface area contributed by atoms with E-state index in [1.54, 1.807) is 10.9 Å². The van der Waals surface area contributed by atoms with Crippen LogP contribution in [0.2, 0.25) is 0 Å². The smallest absolute Gasteiger partial charge is 0.258 e. The Labute approximate surface area is 204 Å². The zero-order chi connectivity index (χ0) is 22.4. The Morgan fingerprint density at radius 1 is 1.06 bits per heavy atom. The van der Waals surface area contributed by atoms with E-state index < -0.39 is 0 Å².